The van der Waals surface area contributed by atoms with Crippen LogP contribution < -0.4 is 0 Å². The summed E-state index contributed by atoms with van der Waals surface area (Å²) in [5.41, 5.74) is 6.01. The van der Waals surface area contributed by atoms with Crippen molar-refractivity contribution in [3.05, 3.63) is 110 Å². The maximum atomic E-state index is 5.02. The molecule has 6 heterocycles. The lowest BCUT2D eigenvalue weighted by molar-refractivity contribution is 1.36. The van der Waals surface area contributed by atoms with Crippen molar-refractivity contribution in [3.63, 3.8) is 0 Å². The lowest BCUT2D eigenvalue weighted by atomic mass is 10.1. The molecular weight excluding hydrogens is 645 g/mol. The summed E-state index contributed by atoms with van der Waals surface area (Å²) in [6.45, 7) is 0. The van der Waals surface area contributed by atoms with Crippen molar-refractivity contribution < 1.29 is 0 Å². The summed E-state index contributed by atoms with van der Waals surface area (Å²) in [5.74, 6) is 0. The predicted octanol–water partition coefficient (Wildman–Crippen LogP) is 10.7. The molecular formula is C36H18N6S4. The molecule has 0 bridgehead atoms. The summed E-state index contributed by atoms with van der Waals surface area (Å²) >= 11 is 6.70. The molecule has 216 valence electrons. The normalized spacial score (nSPS) is 11.9. The van der Waals surface area contributed by atoms with E-state index in [1.54, 1.807) is 45.3 Å². The van der Waals surface area contributed by atoms with Crippen molar-refractivity contribution in [1.29, 1.82) is 0 Å². The third-order valence-corrected chi connectivity index (χ3v) is 12.4. The second-order valence-electron chi connectivity index (χ2n) is 10.9. The maximum Gasteiger partial charge on any atom is 0.136 e. The van der Waals surface area contributed by atoms with E-state index < -0.39 is 0 Å². The average molecular weight is 663 g/mol. The van der Waals surface area contributed by atoms with Crippen LogP contribution in [0, 0.1) is 0 Å². The van der Waals surface area contributed by atoms with E-state index in [4.69, 9.17) is 19.9 Å². The molecule has 0 saturated carbocycles. The molecule has 6 nitrogen and oxygen atoms in total. The van der Waals surface area contributed by atoms with Crippen molar-refractivity contribution in [3.8, 4) is 40.9 Å². The van der Waals surface area contributed by atoms with E-state index in [-0.39, 0.29) is 0 Å². The first-order chi connectivity index (χ1) is 22.7. The Morgan fingerprint density at radius 3 is 1.35 bits per heavy atom. The van der Waals surface area contributed by atoms with Crippen LogP contribution in [0.25, 0.3) is 93.9 Å². The van der Waals surface area contributed by atoms with Crippen LogP contribution in [-0.2, 0) is 0 Å². The van der Waals surface area contributed by atoms with Crippen molar-refractivity contribution in [2.45, 2.75) is 0 Å². The van der Waals surface area contributed by atoms with Crippen LogP contribution >= 0.6 is 45.3 Å². The summed E-state index contributed by atoms with van der Waals surface area (Å²) in [6, 6.07) is 29.5. The molecule has 0 fully saturated rings. The van der Waals surface area contributed by atoms with E-state index in [2.05, 4.69) is 58.5 Å². The Kier molecular flexibility index (Phi) is 5.85. The maximum absolute atomic E-state index is 5.02. The van der Waals surface area contributed by atoms with Gasteiger partial charge in [0.15, 0.2) is 0 Å². The van der Waals surface area contributed by atoms with Crippen LogP contribution in [0.1, 0.15) is 0 Å². The van der Waals surface area contributed by atoms with E-state index in [1.807, 2.05) is 61.2 Å². The van der Waals surface area contributed by atoms with Gasteiger partial charge in [0.05, 0.1) is 41.2 Å². The van der Waals surface area contributed by atoms with Crippen molar-refractivity contribution >= 4 is 98.4 Å². The van der Waals surface area contributed by atoms with Crippen molar-refractivity contribution in [2.75, 3.05) is 0 Å². The molecule has 0 atom stereocenters. The molecule has 10 aromatic rings. The molecule has 0 aliphatic carbocycles. The Bertz CT molecular complexity index is 2530. The van der Waals surface area contributed by atoms with Gasteiger partial charge in [0.1, 0.15) is 20.0 Å². The number of hydrogen-bond donors (Lipinski definition) is 0. The van der Waals surface area contributed by atoms with Gasteiger partial charge in [-0.15, -0.1) is 45.3 Å². The van der Waals surface area contributed by atoms with E-state index in [0.717, 1.165) is 93.9 Å². The zero-order chi connectivity index (χ0) is 30.2. The van der Waals surface area contributed by atoms with Gasteiger partial charge in [-0.25, -0.2) is 19.9 Å². The molecule has 4 aromatic carbocycles. The first-order valence-electron chi connectivity index (χ1n) is 14.5. The molecule has 0 aliphatic rings. The number of fused-ring (bicyclic) bond motifs is 5. The van der Waals surface area contributed by atoms with Gasteiger partial charge in [0.2, 0.25) is 0 Å². The monoisotopic (exact) mass is 662 g/mol. The molecule has 0 unspecified atom stereocenters. The fourth-order valence-corrected chi connectivity index (χ4v) is 9.56. The zero-order valence-electron chi connectivity index (χ0n) is 23.7. The number of thiazole rings is 4. The topological polar surface area (TPSA) is 77.3 Å². The van der Waals surface area contributed by atoms with Crippen LogP contribution in [0.3, 0.4) is 0 Å². The number of pyridine rings is 2. The van der Waals surface area contributed by atoms with Crippen molar-refractivity contribution in [1.82, 2.24) is 29.9 Å². The molecule has 10 rings (SSSR count). The lowest BCUT2D eigenvalue weighted by Crippen LogP contribution is -1.81. The average Bonchev–Trinajstić information content (AvgIpc) is 3.91. The molecule has 0 aliphatic heterocycles. The van der Waals surface area contributed by atoms with Gasteiger partial charge >= 0.3 is 0 Å². The fraction of sp³-hybridized carbons (Fsp3) is 0. The highest BCUT2D eigenvalue weighted by atomic mass is 32.1. The van der Waals surface area contributed by atoms with Gasteiger partial charge < -0.3 is 0 Å². The molecule has 10 heteroatoms. The van der Waals surface area contributed by atoms with Gasteiger partial charge in [0.25, 0.3) is 0 Å². The van der Waals surface area contributed by atoms with E-state index >= 15 is 0 Å². The molecule has 0 amide bonds. The number of aromatic nitrogens is 6. The Morgan fingerprint density at radius 1 is 0.370 bits per heavy atom. The Morgan fingerprint density at radius 2 is 0.848 bits per heavy atom. The van der Waals surface area contributed by atoms with E-state index in [1.165, 1.54) is 0 Å². The minimum absolute atomic E-state index is 0.946. The SMILES string of the molecule is c1ccc2ncc(-c3ncc(-c4nc5cc6cc7sc(-c8cnc(-c9cnc%10ccccc%10c9)s8)nc7cc6cc5s4)s3)cc2c1. The van der Waals surface area contributed by atoms with Crippen LogP contribution in [0.4, 0.5) is 0 Å². The quantitative estimate of drug-likeness (QED) is 0.187. The van der Waals surface area contributed by atoms with Gasteiger partial charge in [-0.3, -0.25) is 9.97 Å². The second kappa shape index (κ2) is 10.3. The van der Waals surface area contributed by atoms with Crippen LogP contribution in [0.2, 0.25) is 0 Å². The third-order valence-electron chi connectivity index (χ3n) is 7.96. The molecule has 6 aromatic heterocycles. The summed E-state index contributed by atoms with van der Waals surface area (Å²) in [7, 11) is 0. The summed E-state index contributed by atoms with van der Waals surface area (Å²) in [4.78, 5) is 30.8. The highest BCUT2D eigenvalue weighted by Crippen LogP contribution is 2.41. The summed E-state index contributed by atoms with van der Waals surface area (Å²) in [5, 5.41) is 8.39. The Hall–Kier alpha value is -5.00. The number of hydrogen-bond acceptors (Lipinski definition) is 10. The number of para-hydroxylation sites is 2. The number of rotatable bonds is 4. The van der Waals surface area contributed by atoms with Gasteiger partial charge in [0, 0.05) is 46.7 Å². The second-order valence-corrected chi connectivity index (χ2v) is 15.0. The summed E-state index contributed by atoms with van der Waals surface area (Å²) < 4.78 is 2.30. The predicted molar refractivity (Wildman–Crippen MR) is 194 cm³/mol. The Labute approximate surface area is 277 Å². The summed E-state index contributed by atoms with van der Waals surface area (Å²) in [6.07, 6.45) is 7.65. The fourth-order valence-electron chi connectivity index (χ4n) is 5.69. The number of nitrogens with zero attached hydrogens (tertiary/aromatic N) is 6. The van der Waals surface area contributed by atoms with Crippen molar-refractivity contribution in [2.24, 2.45) is 0 Å². The minimum atomic E-state index is 0.946. The highest BCUT2D eigenvalue weighted by molar-refractivity contribution is 7.27. The standard InChI is InChI=1S/C36H18N6S4/c1-3-7-25-19(5-1)9-23(15-37-25)33-39-17-31(45-33)35-41-27-11-21-14-30-28(12-22(21)13-29(27)43-35)42-36(44-30)32-18-40-34(46-32)24-10-20-6-2-4-8-26(20)38-16-24/h1-18H. The van der Waals surface area contributed by atoms with Crippen LogP contribution in [0.5, 0.6) is 0 Å². The molecule has 0 spiro atoms. The molecule has 0 saturated heterocycles. The van der Waals surface area contributed by atoms with Gasteiger partial charge in [-0.2, -0.15) is 0 Å². The third kappa shape index (κ3) is 4.41. The van der Waals surface area contributed by atoms with Crippen LogP contribution in [0.15, 0.2) is 110 Å². The first-order valence-corrected chi connectivity index (χ1v) is 17.7. The zero-order valence-corrected chi connectivity index (χ0v) is 27.0. The number of benzene rings is 4. The smallest absolute Gasteiger partial charge is 0.136 e. The first kappa shape index (κ1) is 26.2. The van der Waals surface area contributed by atoms with E-state index in [9.17, 15) is 0 Å². The molecule has 46 heavy (non-hydrogen) atoms. The highest BCUT2D eigenvalue weighted by Gasteiger charge is 2.16. The molecule has 0 radical (unpaired) electrons. The minimum Gasteiger partial charge on any atom is -0.256 e. The van der Waals surface area contributed by atoms with Crippen LogP contribution in [-0.4, -0.2) is 29.9 Å². The van der Waals surface area contributed by atoms with E-state index in [0.29, 0.717) is 0 Å². The largest absolute Gasteiger partial charge is 0.256 e. The van der Waals surface area contributed by atoms with Gasteiger partial charge in [-0.05, 0) is 59.3 Å². The molecule has 0 N–H and O–H groups in total. The lowest BCUT2D eigenvalue weighted by Gasteiger charge is -1.99. The van der Waals surface area contributed by atoms with Gasteiger partial charge in [-0.1, -0.05) is 36.4 Å². The Balaban J connectivity index is 0.968.